The third kappa shape index (κ3) is 3.05. The summed E-state index contributed by atoms with van der Waals surface area (Å²) in [5.41, 5.74) is 1.31. The fraction of sp³-hybridized carbons (Fsp3) is 0.125. The molecule has 2 aliphatic heterocycles. The molecule has 0 spiro atoms. The van der Waals surface area contributed by atoms with Crippen molar-refractivity contribution in [1.29, 1.82) is 0 Å². The van der Waals surface area contributed by atoms with E-state index in [-0.39, 0.29) is 16.3 Å². The number of carbonyl (C=O) groups excluding carboxylic acids is 2. The van der Waals surface area contributed by atoms with E-state index in [1.807, 2.05) is 6.07 Å². The van der Waals surface area contributed by atoms with Crippen molar-refractivity contribution in [1.82, 2.24) is 0 Å². The number of hydroxylamine groups is 1. The van der Waals surface area contributed by atoms with Crippen molar-refractivity contribution in [2.75, 3.05) is 9.96 Å². The van der Waals surface area contributed by atoms with Crippen LogP contribution in [0.5, 0.6) is 0 Å². The van der Waals surface area contributed by atoms with Gasteiger partial charge in [0, 0.05) is 0 Å². The van der Waals surface area contributed by atoms with E-state index in [0.717, 1.165) is 4.90 Å². The highest BCUT2D eigenvalue weighted by molar-refractivity contribution is 6.36. The maximum absolute atomic E-state index is 13.6. The summed E-state index contributed by atoms with van der Waals surface area (Å²) in [4.78, 5) is 45.9. The number of rotatable bonds is 4. The van der Waals surface area contributed by atoms with Gasteiger partial charge in [0.05, 0.1) is 28.0 Å². The number of carboxylic acid groups (broad SMARTS) is 1. The van der Waals surface area contributed by atoms with Gasteiger partial charge in [0.2, 0.25) is 5.91 Å². The lowest BCUT2D eigenvalue weighted by Gasteiger charge is -2.29. The molecule has 8 heteroatoms. The average molecular weight is 449 g/mol. The van der Waals surface area contributed by atoms with Gasteiger partial charge in [-0.05, 0) is 35.9 Å². The SMILES string of the molecule is O=C(O)c1ccccc1[C@@H]1[C@H]2C(=O)N(c3ccccc3Cl)C(=O)[C@@H]2ON1c1ccccc1. The zero-order valence-electron chi connectivity index (χ0n) is 16.6. The standard InChI is InChI=1S/C24H17ClN2O5/c25-17-12-6-7-13-18(17)26-22(28)19-20(15-10-4-5-11-16(15)24(30)31)27(32-21(19)23(26)29)14-8-2-1-3-9-14/h1-13,19-21H,(H,30,31)/t19-,20-,21-/m1/s1. The molecular weight excluding hydrogens is 432 g/mol. The minimum Gasteiger partial charge on any atom is -0.478 e. The van der Waals surface area contributed by atoms with Crippen LogP contribution in [0.2, 0.25) is 5.02 Å². The van der Waals surface area contributed by atoms with Gasteiger partial charge in [0.15, 0.2) is 6.10 Å². The number of halogens is 1. The summed E-state index contributed by atoms with van der Waals surface area (Å²) in [6.45, 7) is 0. The number of para-hydroxylation sites is 2. The Hall–Kier alpha value is -3.68. The van der Waals surface area contributed by atoms with E-state index >= 15 is 0 Å². The number of anilines is 2. The van der Waals surface area contributed by atoms with E-state index in [0.29, 0.717) is 11.3 Å². The smallest absolute Gasteiger partial charge is 0.336 e. The van der Waals surface area contributed by atoms with Crippen molar-refractivity contribution in [2.24, 2.45) is 5.92 Å². The topological polar surface area (TPSA) is 87.2 Å². The van der Waals surface area contributed by atoms with Crippen LogP contribution in [0.1, 0.15) is 22.0 Å². The second kappa shape index (κ2) is 7.78. The van der Waals surface area contributed by atoms with Gasteiger partial charge < -0.3 is 5.11 Å². The molecular formula is C24H17ClN2O5. The van der Waals surface area contributed by atoms with Crippen LogP contribution in [0, 0.1) is 5.92 Å². The minimum absolute atomic E-state index is 0.0409. The molecule has 2 heterocycles. The number of hydrogen-bond acceptors (Lipinski definition) is 5. The van der Waals surface area contributed by atoms with Gasteiger partial charge in [0.1, 0.15) is 5.92 Å². The van der Waals surface area contributed by atoms with Crippen LogP contribution in [0.4, 0.5) is 11.4 Å². The molecule has 32 heavy (non-hydrogen) atoms. The van der Waals surface area contributed by atoms with Gasteiger partial charge in [-0.15, -0.1) is 0 Å². The molecule has 0 aromatic heterocycles. The fourth-order valence-electron chi connectivity index (χ4n) is 4.35. The average Bonchev–Trinajstić information content (AvgIpc) is 3.31. The molecule has 160 valence electrons. The monoisotopic (exact) mass is 448 g/mol. The number of imide groups is 1. The second-order valence-corrected chi connectivity index (χ2v) is 7.92. The molecule has 0 aliphatic carbocycles. The van der Waals surface area contributed by atoms with E-state index in [9.17, 15) is 19.5 Å². The molecule has 0 radical (unpaired) electrons. The van der Waals surface area contributed by atoms with E-state index in [1.165, 1.54) is 11.1 Å². The molecule has 2 fully saturated rings. The lowest BCUT2D eigenvalue weighted by atomic mass is 9.88. The van der Waals surface area contributed by atoms with Crippen LogP contribution in [0.25, 0.3) is 0 Å². The zero-order chi connectivity index (χ0) is 22.4. The molecule has 2 saturated heterocycles. The zero-order valence-corrected chi connectivity index (χ0v) is 17.3. The third-order valence-corrected chi connectivity index (χ3v) is 6.05. The van der Waals surface area contributed by atoms with Gasteiger partial charge in [-0.2, -0.15) is 0 Å². The molecule has 2 amide bonds. The van der Waals surface area contributed by atoms with Crippen molar-refractivity contribution >= 4 is 40.8 Å². The van der Waals surface area contributed by atoms with Crippen LogP contribution < -0.4 is 9.96 Å². The number of fused-ring (bicyclic) bond motifs is 1. The highest BCUT2D eigenvalue weighted by Crippen LogP contribution is 2.48. The first-order valence-corrected chi connectivity index (χ1v) is 10.3. The highest BCUT2D eigenvalue weighted by Gasteiger charge is 2.61. The molecule has 1 N–H and O–H groups in total. The van der Waals surface area contributed by atoms with Crippen LogP contribution in [0.3, 0.4) is 0 Å². The molecule has 3 atom stereocenters. The molecule has 7 nitrogen and oxygen atoms in total. The summed E-state index contributed by atoms with van der Waals surface area (Å²) in [6.07, 6.45) is -1.11. The number of aromatic carboxylic acids is 1. The Morgan fingerprint density at radius 2 is 1.53 bits per heavy atom. The van der Waals surface area contributed by atoms with Crippen LogP contribution >= 0.6 is 11.6 Å². The van der Waals surface area contributed by atoms with Gasteiger partial charge in [-0.25, -0.2) is 14.8 Å². The van der Waals surface area contributed by atoms with Crippen molar-refractivity contribution in [3.05, 3.63) is 95.0 Å². The first-order chi connectivity index (χ1) is 15.5. The first-order valence-electron chi connectivity index (χ1n) is 9.94. The van der Waals surface area contributed by atoms with Crippen molar-refractivity contribution in [3.8, 4) is 0 Å². The van der Waals surface area contributed by atoms with Gasteiger partial charge in [0.25, 0.3) is 5.91 Å². The van der Waals surface area contributed by atoms with E-state index in [1.54, 1.807) is 66.7 Å². The summed E-state index contributed by atoms with van der Waals surface area (Å²) in [7, 11) is 0. The summed E-state index contributed by atoms with van der Waals surface area (Å²) in [5, 5.41) is 11.5. The van der Waals surface area contributed by atoms with Gasteiger partial charge >= 0.3 is 5.97 Å². The maximum Gasteiger partial charge on any atom is 0.336 e. The maximum atomic E-state index is 13.6. The summed E-state index contributed by atoms with van der Waals surface area (Å²) < 4.78 is 0. The number of carboxylic acids is 1. The Morgan fingerprint density at radius 3 is 2.25 bits per heavy atom. The lowest BCUT2D eigenvalue weighted by Crippen LogP contribution is -2.37. The normalized spacial score (nSPS) is 22.3. The quantitative estimate of drug-likeness (QED) is 0.605. The molecule has 5 rings (SSSR count). The first kappa shape index (κ1) is 20.2. The fourth-order valence-corrected chi connectivity index (χ4v) is 4.57. The van der Waals surface area contributed by atoms with Crippen molar-refractivity contribution in [3.63, 3.8) is 0 Å². The van der Waals surface area contributed by atoms with E-state index < -0.39 is 35.8 Å². The summed E-state index contributed by atoms with van der Waals surface area (Å²) >= 11 is 6.26. The highest BCUT2D eigenvalue weighted by atomic mass is 35.5. The van der Waals surface area contributed by atoms with Crippen LogP contribution in [-0.4, -0.2) is 29.0 Å². The number of nitrogens with zero attached hydrogens (tertiary/aromatic N) is 2. The Balaban J connectivity index is 1.65. The molecule has 0 bridgehead atoms. The van der Waals surface area contributed by atoms with Gasteiger partial charge in [-0.3, -0.25) is 14.4 Å². The van der Waals surface area contributed by atoms with Crippen LogP contribution in [-0.2, 0) is 14.4 Å². The largest absolute Gasteiger partial charge is 0.478 e. The number of hydrogen-bond donors (Lipinski definition) is 1. The summed E-state index contributed by atoms with van der Waals surface area (Å²) in [5.74, 6) is -3.10. The molecule has 0 unspecified atom stereocenters. The Labute approximate surface area is 188 Å². The Kier molecular flexibility index (Phi) is 4.92. The van der Waals surface area contributed by atoms with Crippen LogP contribution in [0.15, 0.2) is 78.9 Å². The Morgan fingerprint density at radius 1 is 0.875 bits per heavy atom. The number of benzene rings is 3. The summed E-state index contributed by atoms with van der Waals surface area (Å²) in [6, 6.07) is 21.2. The lowest BCUT2D eigenvalue weighted by molar-refractivity contribution is -0.126. The van der Waals surface area contributed by atoms with Crippen molar-refractivity contribution in [2.45, 2.75) is 12.1 Å². The molecule has 3 aromatic carbocycles. The predicted octanol–water partition coefficient (Wildman–Crippen LogP) is 4.09. The molecule has 3 aromatic rings. The van der Waals surface area contributed by atoms with Crippen molar-refractivity contribution < 1.29 is 24.3 Å². The number of amides is 2. The minimum atomic E-state index is -1.13. The second-order valence-electron chi connectivity index (χ2n) is 7.51. The van der Waals surface area contributed by atoms with E-state index in [4.69, 9.17) is 16.4 Å². The molecule has 2 aliphatic rings. The third-order valence-electron chi connectivity index (χ3n) is 5.73. The predicted molar refractivity (Wildman–Crippen MR) is 117 cm³/mol. The molecule has 0 saturated carbocycles. The Bertz CT molecular complexity index is 1230. The van der Waals surface area contributed by atoms with Gasteiger partial charge in [-0.1, -0.05) is 60.1 Å². The number of carbonyl (C=O) groups is 3. The van der Waals surface area contributed by atoms with E-state index in [2.05, 4.69) is 0 Å².